The Morgan fingerprint density at radius 1 is 1.17 bits per heavy atom. The predicted octanol–water partition coefficient (Wildman–Crippen LogP) is 4.14. The minimum atomic E-state index is -0.685. The summed E-state index contributed by atoms with van der Waals surface area (Å²) in [5.41, 5.74) is 1.70. The van der Waals surface area contributed by atoms with Crippen molar-refractivity contribution >= 4 is 28.5 Å². The molecule has 1 aromatic heterocycles. The summed E-state index contributed by atoms with van der Waals surface area (Å²) in [7, 11) is 0. The van der Waals surface area contributed by atoms with Crippen LogP contribution in [0.3, 0.4) is 0 Å². The molecule has 4 rings (SSSR count). The van der Waals surface area contributed by atoms with Gasteiger partial charge in [-0.2, -0.15) is 9.78 Å². The number of nitrogens with zero attached hydrogens (tertiary/aromatic N) is 5. The number of para-hydroxylation sites is 1. The van der Waals surface area contributed by atoms with Crippen molar-refractivity contribution in [1.82, 2.24) is 9.66 Å². The van der Waals surface area contributed by atoms with E-state index in [9.17, 15) is 20.0 Å². The zero-order valence-electron chi connectivity index (χ0n) is 19.0. The van der Waals surface area contributed by atoms with Crippen molar-refractivity contribution in [2.75, 3.05) is 0 Å². The van der Waals surface area contributed by atoms with Crippen LogP contribution in [0.5, 0.6) is 5.75 Å². The Bertz CT molecular complexity index is 1530. The highest BCUT2D eigenvalue weighted by molar-refractivity contribution is 5.98. The first-order valence-electron chi connectivity index (χ1n) is 10.6. The average Bonchev–Trinajstić information content (AvgIpc) is 2.85. The van der Waals surface area contributed by atoms with Gasteiger partial charge >= 0.3 is 5.69 Å². The molecule has 3 aromatic carbocycles. The van der Waals surface area contributed by atoms with E-state index < -0.39 is 21.9 Å². The summed E-state index contributed by atoms with van der Waals surface area (Å²) < 4.78 is 1.03. The second kappa shape index (κ2) is 9.96. The van der Waals surface area contributed by atoms with Gasteiger partial charge in [-0.3, -0.25) is 14.9 Å². The molecule has 4 aromatic rings. The summed E-state index contributed by atoms with van der Waals surface area (Å²) in [5.74, 6) is -0.386. The van der Waals surface area contributed by atoms with Gasteiger partial charge in [0.2, 0.25) is 5.75 Å². The summed E-state index contributed by atoms with van der Waals surface area (Å²) in [5, 5.41) is 30.2. The lowest BCUT2D eigenvalue weighted by atomic mass is 10.1. The number of aromatic nitrogens is 2. The Hall–Kier alpha value is -4.86. The quantitative estimate of drug-likeness (QED) is 0.245. The monoisotopic (exact) mass is 471 g/mol. The van der Waals surface area contributed by atoms with Crippen LogP contribution in [-0.4, -0.2) is 31.6 Å². The summed E-state index contributed by atoms with van der Waals surface area (Å²) in [6, 6.07) is 19.0. The van der Waals surface area contributed by atoms with Gasteiger partial charge in [0.25, 0.3) is 5.56 Å². The number of hydrogen-bond donors (Lipinski definition) is 1. The van der Waals surface area contributed by atoms with Gasteiger partial charge in [-0.15, -0.1) is 0 Å². The minimum Gasteiger partial charge on any atom is -0.502 e. The number of nitro groups is 1. The fraction of sp³-hybridized carbons (Fsp3) is 0.120. The normalized spacial score (nSPS) is 11.8. The summed E-state index contributed by atoms with van der Waals surface area (Å²) in [6.07, 6.45) is 1.18. The number of rotatable bonds is 7. The first-order valence-corrected chi connectivity index (χ1v) is 10.6. The van der Waals surface area contributed by atoms with Crippen LogP contribution in [0.4, 0.5) is 5.69 Å². The Labute approximate surface area is 199 Å². The van der Waals surface area contributed by atoms with Crippen molar-refractivity contribution in [2.24, 2.45) is 10.3 Å². The summed E-state index contributed by atoms with van der Waals surface area (Å²) in [6.45, 7) is 3.28. The van der Waals surface area contributed by atoms with Crippen LogP contribution in [0.2, 0.25) is 0 Å². The highest BCUT2D eigenvalue weighted by Gasteiger charge is 2.18. The van der Waals surface area contributed by atoms with Crippen LogP contribution < -0.4 is 5.56 Å². The molecule has 0 spiro atoms. The second-order valence-corrected chi connectivity index (χ2v) is 7.70. The van der Waals surface area contributed by atoms with Crippen LogP contribution >= 0.6 is 0 Å². The number of fused-ring (bicyclic) bond motifs is 1. The van der Waals surface area contributed by atoms with Gasteiger partial charge in [0.1, 0.15) is 0 Å². The minimum absolute atomic E-state index is 0.0848. The zero-order chi connectivity index (χ0) is 24.9. The van der Waals surface area contributed by atoms with E-state index in [1.807, 2.05) is 30.3 Å². The molecular formula is C25H21N5O5. The van der Waals surface area contributed by atoms with Crippen LogP contribution in [0, 0.1) is 17.0 Å². The van der Waals surface area contributed by atoms with Crippen LogP contribution in [-0.2, 0) is 11.4 Å². The molecule has 1 N–H and O–H groups in total. The lowest BCUT2D eigenvalue weighted by Crippen LogP contribution is -2.22. The molecule has 10 nitrogen and oxygen atoms in total. The molecule has 0 unspecified atom stereocenters. The molecule has 0 bridgehead atoms. The summed E-state index contributed by atoms with van der Waals surface area (Å²) >= 11 is 0. The van der Waals surface area contributed by atoms with Gasteiger partial charge < -0.3 is 9.94 Å². The van der Waals surface area contributed by atoms with E-state index in [1.54, 1.807) is 38.1 Å². The van der Waals surface area contributed by atoms with E-state index in [0.29, 0.717) is 22.2 Å². The molecule has 0 aliphatic heterocycles. The predicted molar refractivity (Wildman–Crippen MR) is 132 cm³/mol. The molecule has 10 heteroatoms. The number of oxime groups is 1. The molecule has 0 amide bonds. The first-order chi connectivity index (χ1) is 16.8. The maximum atomic E-state index is 13.2. The molecule has 0 aliphatic carbocycles. The highest BCUT2D eigenvalue weighted by Crippen LogP contribution is 2.30. The van der Waals surface area contributed by atoms with Crippen molar-refractivity contribution in [3.05, 3.63) is 110 Å². The number of aromatic hydroxyl groups is 1. The fourth-order valence-corrected chi connectivity index (χ4v) is 3.45. The number of phenolic OH excluding ortho intramolecular Hbond substituents is 1. The van der Waals surface area contributed by atoms with Gasteiger partial charge in [0.15, 0.2) is 12.4 Å². The van der Waals surface area contributed by atoms with Crippen LogP contribution in [0.1, 0.15) is 29.4 Å². The number of benzene rings is 3. The number of nitro benzene ring substituents is 1. The molecule has 0 saturated heterocycles. The van der Waals surface area contributed by atoms with Crippen molar-refractivity contribution in [3.63, 3.8) is 0 Å². The molecule has 0 saturated carbocycles. The Morgan fingerprint density at radius 3 is 2.63 bits per heavy atom. The molecule has 0 aliphatic rings. The van der Waals surface area contributed by atoms with E-state index in [2.05, 4.69) is 15.2 Å². The van der Waals surface area contributed by atoms with Gasteiger partial charge in [0.05, 0.1) is 27.8 Å². The van der Waals surface area contributed by atoms with Gasteiger partial charge in [-0.25, -0.2) is 4.98 Å². The lowest BCUT2D eigenvalue weighted by molar-refractivity contribution is -0.385. The number of hydrogen-bond acceptors (Lipinski definition) is 8. The van der Waals surface area contributed by atoms with Crippen LogP contribution in [0.15, 0.2) is 81.8 Å². The Morgan fingerprint density at radius 2 is 1.89 bits per heavy atom. The van der Waals surface area contributed by atoms with Gasteiger partial charge in [-0.1, -0.05) is 47.6 Å². The SMILES string of the molecule is C/C(=N\OCc1nc2ccccc2c(=O)n1/N=C/c1cc(C)cc([N+](=O)[O-])c1O)c1ccccc1. The molecule has 1 heterocycles. The molecule has 176 valence electrons. The Kier molecular flexibility index (Phi) is 6.63. The van der Waals surface area contributed by atoms with E-state index in [1.165, 1.54) is 18.3 Å². The van der Waals surface area contributed by atoms with E-state index >= 15 is 0 Å². The lowest BCUT2D eigenvalue weighted by Gasteiger charge is -2.09. The third kappa shape index (κ3) is 5.06. The van der Waals surface area contributed by atoms with Crippen molar-refractivity contribution in [1.29, 1.82) is 0 Å². The highest BCUT2D eigenvalue weighted by atomic mass is 16.6. The van der Waals surface area contributed by atoms with Gasteiger partial charge in [-0.05, 0) is 43.2 Å². The maximum absolute atomic E-state index is 13.2. The van der Waals surface area contributed by atoms with E-state index in [-0.39, 0.29) is 18.0 Å². The first kappa shape index (κ1) is 23.3. The topological polar surface area (TPSA) is 132 Å². The van der Waals surface area contributed by atoms with Crippen LogP contribution in [0.25, 0.3) is 10.9 Å². The second-order valence-electron chi connectivity index (χ2n) is 7.70. The molecule has 0 fully saturated rings. The molecule has 35 heavy (non-hydrogen) atoms. The third-order valence-corrected chi connectivity index (χ3v) is 5.18. The van der Waals surface area contributed by atoms with Crippen molar-refractivity contribution in [2.45, 2.75) is 20.5 Å². The third-order valence-electron chi connectivity index (χ3n) is 5.18. The maximum Gasteiger partial charge on any atom is 0.311 e. The van der Waals surface area contributed by atoms with Crippen molar-refractivity contribution < 1.29 is 14.9 Å². The Balaban J connectivity index is 1.73. The average molecular weight is 471 g/mol. The largest absolute Gasteiger partial charge is 0.502 e. The molecule has 0 atom stereocenters. The van der Waals surface area contributed by atoms with E-state index in [4.69, 9.17) is 4.84 Å². The molecule has 0 radical (unpaired) electrons. The fourth-order valence-electron chi connectivity index (χ4n) is 3.45. The standard InChI is InChI=1S/C25H21N5O5/c1-16-12-19(24(31)22(13-16)30(33)34)14-26-29-23(27-21-11-7-6-10-20(21)25(29)32)15-35-28-17(2)18-8-4-3-5-9-18/h3-14,31H,15H2,1-2H3/b26-14+,28-17+. The molecular weight excluding hydrogens is 450 g/mol. The van der Waals surface area contributed by atoms with Crippen molar-refractivity contribution in [3.8, 4) is 5.75 Å². The smallest absolute Gasteiger partial charge is 0.311 e. The van der Waals surface area contributed by atoms with Gasteiger partial charge in [0, 0.05) is 11.6 Å². The zero-order valence-corrected chi connectivity index (χ0v) is 19.0. The number of phenols is 1. The summed E-state index contributed by atoms with van der Waals surface area (Å²) in [4.78, 5) is 33.7. The van der Waals surface area contributed by atoms with E-state index in [0.717, 1.165) is 10.2 Å². The number of aryl methyl sites for hydroxylation is 1.